The van der Waals surface area contributed by atoms with E-state index in [4.69, 9.17) is 0 Å². The maximum atomic E-state index is 12.8. The van der Waals surface area contributed by atoms with Crippen LogP contribution in [0.3, 0.4) is 0 Å². The van der Waals surface area contributed by atoms with Crippen LogP contribution in [0.25, 0.3) is 0 Å². The second-order valence-electron chi connectivity index (χ2n) is 3.59. The number of nitrogens with one attached hydrogen (secondary N) is 2. The van der Waals surface area contributed by atoms with Crippen LogP contribution in [-0.4, -0.2) is 23.0 Å². The van der Waals surface area contributed by atoms with Crippen molar-refractivity contribution in [3.8, 4) is 0 Å². The number of hydrogen-bond acceptors (Lipinski definition) is 4. The first-order chi connectivity index (χ1) is 8.69. The highest BCUT2D eigenvalue weighted by molar-refractivity contribution is 5.87. The Morgan fingerprint density at radius 3 is 3.00 bits per heavy atom. The van der Waals surface area contributed by atoms with Crippen LogP contribution in [0.4, 0.5) is 10.2 Å². The van der Waals surface area contributed by atoms with Gasteiger partial charge in [0.1, 0.15) is 11.5 Å². The van der Waals surface area contributed by atoms with E-state index in [-0.39, 0.29) is 0 Å². The molecule has 6 heteroatoms. The van der Waals surface area contributed by atoms with Crippen LogP contribution in [0.5, 0.6) is 0 Å². The first kappa shape index (κ1) is 12.1. The van der Waals surface area contributed by atoms with Gasteiger partial charge in [0.05, 0.1) is 13.7 Å². The monoisotopic (exact) mass is 249 g/mol. The van der Waals surface area contributed by atoms with Gasteiger partial charge in [0.25, 0.3) is 0 Å². The summed E-state index contributed by atoms with van der Waals surface area (Å²) in [5.74, 6) is -0.531. The van der Waals surface area contributed by atoms with Crippen LogP contribution in [0.1, 0.15) is 16.2 Å². The Bertz CT molecular complexity index is 554. The molecule has 0 unspecified atom stereocenters. The zero-order valence-corrected chi connectivity index (χ0v) is 9.74. The van der Waals surface area contributed by atoms with E-state index < -0.39 is 11.9 Å². The average Bonchev–Trinajstić information content (AvgIpc) is 2.84. The second kappa shape index (κ2) is 5.31. The molecule has 2 N–H and O–H groups in total. The summed E-state index contributed by atoms with van der Waals surface area (Å²) in [5.41, 5.74) is 1.16. The third-order valence-corrected chi connectivity index (χ3v) is 2.33. The Hall–Kier alpha value is -2.37. The molecule has 0 saturated heterocycles. The van der Waals surface area contributed by atoms with Gasteiger partial charge in [-0.2, -0.15) is 4.39 Å². The number of methoxy groups -OCH3 is 1. The molecule has 0 saturated carbocycles. The number of ether oxygens (including phenoxy) is 1. The van der Waals surface area contributed by atoms with E-state index in [1.54, 1.807) is 24.3 Å². The van der Waals surface area contributed by atoms with Gasteiger partial charge in [-0.3, -0.25) is 0 Å². The highest BCUT2D eigenvalue weighted by Gasteiger charge is 2.07. The van der Waals surface area contributed by atoms with Crippen LogP contribution in [0, 0.1) is 5.95 Å². The molecule has 5 nitrogen and oxygen atoms in total. The van der Waals surface area contributed by atoms with E-state index in [0.717, 1.165) is 5.69 Å². The number of halogens is 1. The quantitative estimate of drug-likeness (QED) is 0.642. The number of anilines is 1. The minimum Gasteiger partial charge on any atom is -0.464 e. The fourth-order valence-corrected chi connectivity index (χ4v) is 1.46. The van der Waals surface area contributed by atoms with Crippen LogP contribution in [-0.2, 0) is 11.3 Å². The van der Waals surface area contributed by atoms with Crippen LogP contribution in [0.15, 0.2) is 30.3 Å². The van der Waals surface area contributed by atoms with Crippen molar-refractivity contribution in [3.05, 3.63) is 47.7 Å². The number of carbonyl (C=O) groups is 1. The maximum absolute atomic E-state index is 12.8. The Morgan fingerprint density at radius 2 is 2.28 bits per heavy atom. The summed E-state index contributed by atoms with van der Waals surface area (Å²) in [6, 6.07) is 7.88. The number of H-pyrrole nitrogens is 1. The Kier molecular flexibility index (Phi) is 3.57. The molecule has 2 aromatic rings. The van der Waals surface area contributed by atoms with Crippen molar-refractivity contribution in [2.75, 3.05) is 12.4 Å². The number of aromatic amines is 1. The number of hydrogen-bond donors (Lipinski definition) is 2. The van der Waals surface area contributed by atoms with Gasteiger partial charge < -0.3 is 15.0 Å². The minimum atomic E-state index is -0.540. The van der Waals surface area contributed by atoms with Gasteiger partial charge in [-0.1, -0.05) is 6.07 Å². The van der Waals surface area contributed by atoms with Crippen molar-refractivity contribution in [1.29, 1.82) is 0 Å². The molecule has 0 aliphatic heterocycles. The molecule has 2 heterocycles. The molecule has 0 aliphatic carbocycles. The summed E-state index contributed by atoms with van der Waals surface area (Å²) in [6.07, 6.45) is 0. The summed E-state index contributed by atoms with van der Waals surface area (Å²) < 4.78 is 17.4. The largest absolute Gasteiger partial charge is 0.464 e. The van der Waals surface area contributed by atoms with Crippen molar-refractivity contribution in [3.63, 3.8) is 0 Å². The number of carbonyl (C=O) groups excluding carboxylic acids is 1. The molecule has 0 atom stereocenters. The van der Waals surface area contributed by atoms with E-state index in [1.165, 1.54) is 13.2 Å². The van der Waals surface area contributed by atoms with E-state index in [2.05, 4.69) is 20.0 Å². The van der Waals surface area contributed by atoms with Crippen molar-refractivity contribution >= 4 is 11.8 Å². The standard InChI is InChI=1S/C12H12FN3O2/c1-18-12(17)9-6-5-8(15-9)7-14-11-4-2-3-10(13)16-11/h2-6,15H,7H2,1H3,(H,14,16). The normalized spacial score (nSPS) is 10.1. The molecular weight excluding hydrogens is 237 g/mol. The molecule has 0 spiro atoms. The van der Waals surface area contributed by atoms with Gasteiger partial charge in [-0.25, -0.2) is 9.78 Å². The topological polar surface area (TPSA) is 67.0 Å². The van der Waals surface area contributed by atoms with Crippen LogP contribution < -0.4 is 5.32 Å². The third-order valence-electron chi connectivity index (χ3n) is 2.33. The number of aromatic nitrogens is 2. The lowest BCUT2D eigenvalue weighted by atomic mass is 10.4. The van der Waals surface area contributed by atoms with Crippen LogP contribution in [0.2, 0.25) is 0 Å². The Morgan fingerprint density at radius 1 is 1.44 bits per heavy atom. The molecule has 0 aromatic carbocycles. The molecule has 94 valence electrons. The zero-order valence-electron chi connectivity index (χ0n) is 9.74. The average molecular weight is 249 g/mol. The van der Waals surface area contributed by atoms with Gasteiger partial charge in [0.2, 0.25) is 5.95 Å². The predicted molar refractivity (Wildman–Crippen MR) is 63.7 cm³/mol. The molecule has 2 aromatic heterocycles. The van der Waals surface area contributed by atoms with Gasteiger partial charge >= 0.3 is 5.97 Å². The highest BCUT2D eigenvalue weighted by Crippen LogP contribution is 2.08. The third kappa shape index (κ3) is 2.85. The van der Waals surface area contributed by atoms with Crippen molar-refractivity contribution in [1.82, 2.24) is 9.97 Å². The minimum absolute atomic E-state index is 0.376. The summed E-state index contributed by atoms with van der Waals surface area (Å²) in [7, 11) is 1.32. The first-order valence-corrected chi connectivity index (χ1v) is 5.31. The number of esters is 1. The summed E-state index contributed by atoms with van der Waals surface area (Å²) >= 11 is 0. The van der Waals surface area contributed by atoms with Gasteiger partial charge in [0.15, 0.2) is 0 Å². The predicted octanol–water partition coefficient (Wildman–Crippen LogP) is 1.95. The molecule has 0 aliphatic rings. The fourth-order valence-electron chi connectivity index (χ4n) is 1.46. The maximum Gasteiger partial charge on any atom is 0.354 e. The number of rotatable bonds is 4. The molecule has 18 heavy (non-hydrogen) atoms. The zero-order chi connectivity index (χ0) is 13.0. The van der Waals surface area contributed by atoms with Gasteiger partial charge in [-0.15, -0.1) is 0 Å². The summed E-state index contributed by atoms with van der Waals surface area (Å²) in [6.45, 7) is 0.410. The van der Waals surface area contributed by atoms with E-state index >= 15 is 0 Å². The first-order valence-electron chi connectivity index (χ1n) is 5.31. The smallest absolute Gasteiger partial charge is 0.354 e. The SMILES string of the molecule is COC(=O)c1ccc(CNc2cccc(F)n2)[nH]1. The number of pyridine rings is 1. The molecule has 2 rings (SSSR count). The van der Waals surface area contributed by atoms with Gasteiger partial charge in [0, 0.05) is 5.69 Å². The van der Waals surface area contributed by atoms with Crippen LogP contribution >= 0.6 is 0 Å². The lowest BCUT2D eigenvalue weighted by Gasteiger charge is -2.03. The van der Waals surface area contributed by atoms with E-state index in [1.807, 2.05) is 0 Å². The molecule has 0 fully saturated rings. The lowest BCUT2D eigenvalue weighted by Crippen LogP contribution is -2.04. The van der Waals surface area contributed by atoms with Crippen molar-refractivity contribution in [2.45, 2.75) is 6.54 Å². The second-order valence-corrected chi connectivity index (χ2v) is 3.59. The van der Waals surface area contributed by atoms with Crippen molar-refractivity contribution in [2.24, 2.45) is 0 Å². The van der Waals surface area contributed by atoms with Crippen molar-refractivity contribution < 1.29 is 13.9 Å². The van der Waals surface area contributed by atoms with E-state index in [0.29, 0.717) is 18.1 Å². The summed E-state index contributed by atoms with van der Waals surface area (Å²) in [4.78, 5) is 17.8. The van der Waals surface area contributed by atoms with Gasteiger partial charge in [-0.05, 0) is 24.3 Å². The molecule has 0 radical (unpaired) electrons. The Balaban J connectivity index is 1.98. The molecule has 0 amide bonds. The highest BCUT2D eigenvalue weighted by atomic mass is 19.1. The fraction of sp³-hybridized carbons (Fsp3) is 0.167. The lowest BCUT2D eigenvalue weighted by molar-refractivity contribution is 0.0594. The Labute approximate surface area is 103 Å². The number of nitrogens with zero attached hydrogens (tertiary/aromatic N) is 1. The van der Waals surface area contributed by atoms with E-state index in [9.17, 15) is 9.18 Å². The molecular formula is C12H12FN3O2. The molecule has 0 bridgehead atoms. The summed E-state index contributed by atoms with van der Waals surface area (Å²) in [5, 5.41) is 2.94.